The van der Waals surface area contributed by atoms with E-state index in [0.29, 0.717) is 31.5 Å². The molecule has 0 heterocycles. The molecule has 0 aliphatic rings. The number of carboxylic acids is 1. The van der Waals surface area contributed by atoms with Gasteiger partial charge >= 0.3 is 18.0 Å². The Morgan fingerprint density at radius 2 is 1.73 bits per heavy atom. The Morgan fingerprint density at radius 3 is 2.32 bits per heavy atom. The Labute approximate surface area is 128 Å². The quantitative estimate of drug-likeness (QED) is 0.494. The summed E-state index contributed by atoms with van der Waals surface area (Å²) in [5.41, 5.74) is 1.47. The third kappa shape index (κ3) is 6.74. The van der Waals surface area contributed by atoms with Crippen LogP contribution in [0.5, 0.6) is 0 Å². The van der Waals surface area contributed by atoms with E-state index in [4.69, 9.17) is 5.11 Å². The van der Waals surface area contributed by atoms with E-state index in [1.54, 1.807) is 24.3 Å². The lowest BCUT2D eigenvalue weighted by Crippen LogP contribution is -2.37. The van der Waals surface area contributed by atoms with Gasteiger partial charge in [-0.1, -0.05) is 12.1 Å². The summed E-state index contributed by atoms with van der Waals surface area (Å²) in [5.74, 6) is -1.26. The summed E-state index contributed by atoms with van der Waals surface area (Å²) in [6, 6.07) is 6.63. The van der Waals surface area contributed by atoms with Gasteiger partial charge in [0.1, 0.15) is 0 Å². The van der Waals surface area contributed by atoms with Crippen LogP contribution in [0.2, 0.25) is 0 Å². The fourth-order valence-electron chi connectivity index (χ4n) is 1.75. The van der Waals surface area contributed by atoms with Crippen LogP contribution in [0.15, 0.2) is 24.3 Å². The van der Waals surface area contributed by atoms with E-state index in [1.165, 1.54) is 7.11 Å². The van der Waals surface area contributed by atoms with Crippen LogP contribution in [-0.2, 0) is 16.0 Å². The minimum absolute atomic E-state index is 0.0345. The first-order valence-corrected chi connectivity index (χ1v) is 6.93. The minimum Gasteiger partial charge on any atom is -0.481 e. The number of carboxylic acid groups (broad SMARTS) is 1. The maximum Gasteiger partial charge on any atom is 0.337 e. The number of carbonyl (C=O) groups excluding carboxylic acids is 2. The molecule has 120 valence electrons. The highest BCUT2D eigenvalue weighted by Crippen LogP contribution is 2.06. The lowest BCUT2D eigenvalue weighted by atomic mass is 10.1. The second-order valence-corrected chi connectivity index (χ2v) is 4.62. The molecule has 2 amide bonds. The normalized spacial score (nSPS) is 9.86. The maximum atomic E-state index is 11.4. The predicted molar refractivity (Wildman–Crippen MR) is 79.8 cm³/mol. The van der Waals surface area contributed by atoms with Crippen molar-refractivity contribution in [2.75, 3.05) is 20.2 Å². The molecular formula is C15H20N2O5. The molecule has 0 atom stereocenters. The number of hydrogen-bond donors (Lipinski definition) is 3. The second kappa shape index (κ2) is 9.38. The molecule has 0 aliphatic carbocycles. The first kappa shape index (κ1) is 17.5. The van der Waals surface area contributed by atoms with Gasteiger partial charge in [0, 0.05) is 19.5 Å². The van der Waals surface area contributed by atoms with Gasteiger partial charge < -0.3 is 20.5 Å². The molecule has 3 N–H and O–H groups in total. The third-order valence-electron chi connectivity index (χ3n) is 2.93. The number of carbonyl (C=O) groups is 3. The molecule has 22 heavy (non-hydrogen) atoms. The van der Waals surface area contributed by atoms with E-state index in [9.17, 15) is 14.4 Å². The molecule has 0 saturated heterocycles. The summed E-state index contributed by atoms with van der Waals surface area (Å²) in [5, 5.41) is 13.7. The third-order valence-corrected chi connectivity index (χ3v) is 2.93. The fraction of sp³-hybridized carbons (Fsp3) is 0.400. The van der Waals surface area contributed by atoms with E-state index in [2.05, 4.69) is 15.4 Å². The number of amides is 2. The van der Waals surface area contributed by atoms with Crippen LogP contribution in [0.4, 0.5) is 4.79 Å². The van der Waals surface area contributed by atoms with E-state index >= 15 is 0 Å². The number of benzene rings is 1. The molecule has 0 bridgehead atoms. The Bertz CT molecular complexity index is 513. The monoisotopic (exact) mass is 308 g/mol. The first-order valence-electron chi connectivity index (χ1n) is 6.93. The Kier molecular flexibility index (Phi) is 7.45. The molecule has 0 spiro atoms. The van der Waals surface area contributed by atoms with Crippen LogP contribution in [0, 0.1) is 0 Å². The summed E-state index contributed by atoms with van der Waals surface area (Å²) in [4.78, 5) is 33.0. The smallest absolute Gasteiger partial charge is 0.337 e. The zero-order chi connectivity index (χ0) is 16.4. The van der Waals surface area contributed by atoms with Gasteiger partial charge in [-0.3, -0.25) is 4.79 Å². The van der Waals surface area contributed by atoms with Crippen molar-refractivity contribution >= 4 is 18.0 Å². The second-order valence-electron chi connectivity index (χ2n) is 4.62. The number of ether oxygens (including phenoxy) is 1. The van der Waals surface area contributed by atoms with Gasteiger partial charge in [0.15, 0.2) is 0 Å². The molecule has 7 nitrogen and oxygen atoms in total. The van der Waals surface area contributed by atoms with Gasteiger partial charge in [0.25, 0.3) is 0 Å². The van der Waals surface area contributed by atoms with Crippen LogP contribution in [0.25, 0.3) is 0 Å². The average Bonchev–Trinajstić information content (AvgIpc) is 2.51. The molecule has 7 heteroatoms. The lowest BCUT2D eigenvalue weighted by Gasteiger charge is -2.07. The minimum atomic E-state index is -0.877. The topological polar surface area (TPSA) is 105 Å². The highest BCUT2D eigenvalue weighted by atomic mass is 16.5. The summed E-state index contributed by atoms with van der Waals surface area (Å²) >= 11 is 0. The van der Waals surface area contributed by atoms with E-state index < -0.39 is 5.97 Å². The molecule has 1 aromatic carbocycles. The first-order chi connectivity index (χ1) is 10.5. The summed E-state index contributed by atoms with van der Waals surface area (Å²) in [6.07, 6.45) is 1.06. The van der Waals surface area contributed by atoms with Crippen LogP contribution in [0.3, 0.4) is 0 Å². The van der Waals surface area contributed by atoms with E-state index in [1.807, 2.05) is 0 Å². The molecule has 1 rings (SSSR count). The van der Waals surface area contributed by atoms with Gasteiger partial charge in [-0.2, -0.15) is 0 Å². The molecular weight excluding hydrogens is 288 g/mol. The number of aliphatic carboxylic acids is 1. The Hall–Kier alpha value is -2.57. The number of esters is 1. The molecule has 0 aromatic heterocycles. The fourth-order valence-corrected chi connectivity index (χ4v) is 1.75. The highest BCUT2D eigenvalue weighted by molar-refractivity contribution is 5.89. The van der Waals surface area contributed by atoms with Crippen molar-refractivity contribution < 1.29 is 24.2 Å². The number of methoxy groups -OCH3 is 1. The SMILES string of the molecule is COC(=O)c1ccc(CCNC(=O)NCCCC(=O)O)cc1. The molecule has 0 radical (unpaired) electrons. The Balaban J connectivity index is 2.22. The largest absolute Gasteiger partial charge is 0.481 e. The van der Waals surface area contributed by atoms with Crippen molar-refractivity contribution in [2.45, 2.75) is 19.3 Å². The van der Waals surface area contributed by atoms with Crippen molar-refractivity contribution in [3.8, 4) is 0 Å². The van der Waals surface area contributed by atoms with Crippen LogP contribution < -0.4 is 10.6 Å². The predicted octanol–water partition coefficient (Wildman–Crippen LogP) is 1.18. The summed E-state index contributed by atoms with van der Waals surface area (Å²) in [7, 11) is 1.33. The van der Waals surface area contributed by atoms with E-state index in [0.717, 1.165) is 5.56 Å². The van der Waals surface area contributed by atoms with E-state index in [-0.39, 0.29) is 18.4 Å². The van der Waals surface area contributed by atoms with Crippen LogP contribution in [0.1, 0.15) is 28.8 Å². The molecule has 0 saturated carbocycles. The molecule has 0 unspecified atom stereocenters. The van der Waals surface area contributed by atoms with Crippen LogP contribution in [-0.4, -0.2) is 43.3 Å². The van der Waals surface area contributed by atoms with Crippen molar-refractivity contribution in [1.29, 1.82) is 0 Å². The molecule has 1 aromatic rings. The van der Waals surface area contributed by atoms with Gasteiger partial charge in [-0.25, -0.2) is 9.59 Å². The van der Waals surface area contributed by atoms with Gasteiger partial charge in [0.2, 0.25) is 0 Å². The van der Waals surface area contributed by atoms with Gasteiger partial charge in [-0.05, 0) is 30.5 Å². The Morgan fingerprint density at radius 1 is 1.09 bits per heavy atom. The average molecular weight is 308 g/mol. The summed E-state index contributed by atoms with van der Waals surface area (Å²) < 4.78 is 4.61. The van der Waals surface area contributed by atoms with Gasteiger partial charge in [0.05, 0.1) is 12.7 Å². The van der Waals surface area contributed by atoms with Crippen molar-refractivity contribution in [1.82, 2.24) is 10.6 Å². The number of urea groups is 1. The highest BCUT2D eigenvalue weighted by Gasteiger charge is 2.05. The number of rotatable bonds is 8. The zero-order valence-electron chi connectivity index (χ0n) is 12.4. The lowest BCUT2D eigenvalue weighted by molar-refractivity contribution is -0.137. The molecule has 0 aliphatic heterocycles. The van der Waals surface area contributed by atoms with Crippen molar-refractivity contribution in [2.24, 2.45) is 0 Å². The zero-order valence-corrected chi connectivity index (χ0v) is 12.4. The van der Waals surface area contributed by atoms with Crippen LogP contribution >= 0.6 is 0 Å². The van der Waals surface area contributed by atoms with Crippen molar-refractivity contribution in [3.05, 3.63) is 35.4 Å². The van der Waals surface area contributed by atoms with Crippen molar-refractivity contribution in [3.63, 3.8) is 0 Å². The summed E-state index contributed by atoms with van der Waals surface area (Å²) in [6.45, 7) is 0.772. The number of hydrogen-bond acceptors (Lipinski definition) is 4. The van der Waals surface area contributed by atoms with Gasteiger partial charge in [-0.15, -0.1) is 0 Å². The number of nitrogens with one attached hydrogen (secondary N) is 2. The standard InChI is InChI=1S/C15H20N2O5/c1-22-14(20)12-6-4-11(5-7-12)8-10-17-15(21)16-9-2-3-13(18)19/h4-7H,2-3,8-10H2,1H3,(H,18,19)(H2,16,17,21). The molecule has 0 fully saturated rings. The maximum absolute atomic E-state index is 11.4.